The van der Waals surface area contributed by atoms with Gasteiger partial charge < -0.3 is 10.6 Å². The van der Waals surface area contributed by atoms with Crippen LogP contribution in [0.5, 0.6) is 0 Å². The first kappa shape index (κ1) is 15.5. The summed E-state index contributed by atoms with van der Waals surface area (Å²) in [6, 6.07) is 7.70. The number of aryl methyl sites for hydroxylation is 1. The lowest BCUT2D eigenvalue weighted by molar-refractivity contribution is 0.0940. The monoisotopic (exact) mass is 303 g/mol. The van der Waals surface area contributed by atoms with Crippen LogP contribution in [0.3, 0.4) is 0 Å². The molecule has 0 bridgehead atoms. The fourth-order valence-electron chi connectivity index (χ4n) is 2.12. The number of nitrogens with zero attached hydrogens (tertiary/aromatic N) is 1. The third-order valence-corrected chi connectivity index (χ3v) is 4.28. The fraction of sp³-hybridized carbons (Fsp3) is 0.375. The Hall–Kier alpha value is -1.88. The van der Waals surface area contributed by atoms with Crippen molar-refractivity contribution >= 4 is 23.1 Å². The van der Waals surface area contributed by atoms with Crippen LogP contribution in [0.25, 0.3) is 0 Å². The molecular weight excluding hydrogens is 282 g/mol. The molecule has 2 rings (SSSR count). The average molecular weight is 303 g/mol. The van der Waals surface area contributed by atoms with Crippen molar-refractivity contribution in [3.8, 4) is 0 Å². The zero-order chi connectivity index (χ0) is 15.2. The van der Waals surface area contributed by atoms with Crippen molar-refractivity contribution < 1.29 is 4.79 Å². The molecule has 2 heterocycles. The average Bonchev–Trinajstić information content (AvgIpc) is 3.01. The van der Waals surface area contributed by atoms with E-state index in [1.165, 1.54) is 0 Å². The number of thiophene rings is 1. The van der Waals surface area contributed by atoms with Gasteiger partial charge in [0.15, 0.2) is 0 Å². The van der Waals surface area contributed by atoms with Gasteiger partial charge in [0.2, 0.25) is 0 Å². The van der Waals surface area contributed by atoms with Crippen LogP contribution in [0.1, 0.15) is 47.2 Å². The highest BCUT2D eigenvalue weighted by molar-refractivity contribution is 7.10. The molecule has 4 nitrogen and oxygen atoms in total. The highest BCUT2D eigenvalue weighted by Crippen LogP contribution is 2.19. The summed E-state index contributed by atoms with van der Waals surface area (Å²) in [7, 11) is 1.81. The highest BCUT2D eigenvalue weighted by Gasteiger charge is 2.14. The molecule has 0 aliphatic rings. The molecule has 2 N–H and O–H groups in total. The van der Waals surface area contributed by atoms with Gasteiger partial charge in [0, 0.05) is 23.2 Å². The van der Waals surface area contributed by atoms with E-state index < -0.39 is 0 Å². The van der Waals surface area contributed by atoms with Crippen molar-refractivity contribution in [3.63, 3.8) is 0 Å². The molecule has 2 aromatic rings. The van der Waals surface area contributed by atoms with Gasteiger partial charge in [0.05, 0.1) is 6.04 Å². The zero-order valence-corrected chi connectivity index (χ0v) is 13.5. The maximum absolute atomic E-state index is 12.4. The predicted molar refractivity (Wildman–Crippen MR) is 88.0 cm³/mol. The molecule has 5 heteroatoms. The van der Waals surface area contributed by atoms with Crippen LogP contribution in [-0.4, -0.2) is 17.9 Å². The van der Waals surface area contributed by atoms with Gasteiger partial charge in [-0.25, -0.2) is 4.98 Å². The lowest BCUT2D eigenvalue weighted by Gasteiger charge is -2.13. The summed E-state index contributed by atoms with van der Waals surface area (Å²) in [5.41, 5.74) is 1.60. The summed E-state index contributed by atoms with van der Waals surface area (Å²) in [5.74, 6) is 0.669. The number of pyridine rings is 1. The second kappa shape index (κ2) is 7.22. The van der Waals surface area contributed by atoms with E-state index in [2.05, 4.69) is 22.5 Å². The number of anilines is 1. The topological polar surface area (TPSA) is 54.0 Å². The van der Waals surface area contributed by atoms with Crippen LogP contribution >= 0.6 is 11.3 Å². The van der Waals surface area contributed by atoms with Crippen molar-refractivity contribution in [2.45, 2.75) is 32.7 Å². The molecule has 0 aliphatic heterocycles. The van der Waals surface area contributed by atoms with E-state index in [4.69, 9.17) is 0 Å². The van der Waals surface area contributed by atoms with E-state index in [1.807, 2.05) is 37.6 Å². The number of nitrogens with one attached hydrogen (secondary N) is 2. The van der Waals surface area contributed by atoms with E-state index in [9.17, 15) is 4.79 Å². The second-order valence-electron chi connectivity index (χ2n) is 4.94. The van der Waals surface area contributed by atoms with Crippen LogP contribution < -0.4 is 10.6 Å². The minimum absolute atomic E-state index is 0.0123. The van der Waals surface area contributed by atoms with Gasteiger partial charge in [0.1, 0.15) is 5.82 Å². The standard InChI is InChI=1S/C16H21N3OS/c1-4-6-13-9-12(10-15(17-3)19-13)16(20)18-11(2)14-7-5-8-21-14/h5,7-11H,4,6H2,1-3H3,(H,17,19)(H,18,20). The Morgan fingerprint density at radius 1 is 1.43 bits per heavy atom. The van der Waals surface area contributed by atoms with Crippen molar-refractivity contribution in [1.29, 1.82) is 0 Å². The van der Waals surface area contributed by atoms with E-state index in [0.29, 0.717) is 5.56 Å². The van der Waals surface area contributed by atoms with E-state index in [1.54, 1.807) is 17.4 Å². The van der Waals surface area contributed by atoms with Crippen molar-refractivity contribution in [2.75, 3.05) is 12.4 Å². The minimum Gasteiger partial charge on any atom is -0.373 e. The van der Waals surface area contributed by atoms with E-state index in [-0.39, 0.29) is 11.9 Å². The summed E-state index contributed by atoms with van der Waals surface area (Å²) < 4.78 is 0. The number of hydrogen-bond donors (Lipinski definition) is 2. The largest absolute Gasteiger partial charge is 0.373 e. The quantitative estimate of drug-likeness (QED) is 0.857. The van der Waals surface area contributed by atoms with Gasteiger partial charge in [-0.3, -0.25) is 4.79 Å². The van der Waals surface area contributed by atoms with Gasteiger partial charge in [-0.2, -0.15) is 0 Å². The Balaban J connectivity index is 2.16. The highest BCUT2D eigenvalue weighted by atomic mass is 32.1. The lowest BCUT2D eigenvalue weighted by Crippen LogP contribution is -2.26. The third-order valence-electron chi connectivity index (χ3n) is 3.22. The summed E-state index contributed by atoms with van der Waals surface area (Å²) in [6.45, 7) is 4.10. The van der Waals surface area contributed by atoms with Crippen molar-refractivity contribution in [3.05, 3.63) is 45.8 Å². The fourth-order valence-corrected chi connectivity index (χ4v) is 2.85. The Bertz CT molecular complexity index is 596. The molecule has 1 unspecified atom stereocenters. The van der Waals surface area contributed by atoms with Crippen molar-refractivity contribution in [2.24, 2.45) is 0 Å². The van der Waals surface area contributed by atoms with Crippen LogP contribution in [0.2, 0.25) is 0 Å². The van der Waals surface area contributed by atoms with Crippen molar-refractivity contribution in [1.82, 2.24) is 10.3 Å². The van der Waals surface area contributed by atoms with Crippen LogP contribution in [-0.2, 0) is 6.42 Å². The molecule has 0 saturated heterocycles. The summed E-state index contributed by atoms with van der Waals surface area (Å²) in [6.07, 6.45) is 1.88. The van der Waals surface area contributed by atoms with Crippen LogP contribution in [0, 0.1) is 0 Å². The van der Waals surface area contributed by atoms with E-state index in [0.717, 1.165) is 29.2 Å². The molecule has 21 heavy (non-hydrogen) atoms. The zero-order valence-electron chi connectivity index (χ0n) is 12.6. The van der Waals surface area contributed by atoms with Gasteiger partial charge >= 0.3 is 0 Å². The first-order chi connectivity index (χ1) is 10.1. The predicted octanol–water partition coefficient (Wildman–Crippen LogP) is 3.63. The molecule has 112 valence electrons. The first-order valence-corrected chi connectivity index (χ1v) is 8.05. The Kier molecular flexibility index (Phi) is 5.33. The smallest absolute Gasteiger partial charge is 0.251 e. The molecule has 0 saturated carbocycles. The molecule has 0 spiro atoms. The third kappa shape index (κ3) is 4.04. The maximum Gasteiger partial charge on any atom is 0.251 e. The Morgan fingerprint density at radius 2 is 2.24 bits per heavy atom. The van der Waals surface area contributed by atoms with Crippen LogP contribution in [0.4, 0.5) is 5.82 Å². The summed E-state index contributed by atoms with van der Waals surface area (Å²) in [5, 5.41) is 8.06. The molecule has 2 aromatic heterocycles. The Morgan fingerprint density at radius 3 is 2.86 bits per heavy atom. The van der Waals surface area contributed by atoms with Gasteiger partial charge in [-0.1, -0.05) is 19.4 Å². The SMILES string of the molecule is CCCc1cc(C(=O)NC(C)c2cccs2)cc(NC)n1. The van der Waals surface area contributed by atoms with E-state index >= 15 is 0 Å². The number of carbonyl (C=O) groups excluding carboxylic acids is 1. The number of amides is 1. The molecule has 0 fully saturated rings. The minimum atomic E-state index is -0.0628. The number of aromatic nitrogens is 1. The summed E-state index contributed by atoms with van der Waals surface area (Å²) >= 11 is 1.65. The lowest BCUT2D eigenvalue weighted by atomic mass is 10.1. The molecule has 1 atom stereocenters. The molecule has 0 aromatic carbocycles. The normalized spacial score (nSPS) is 12.0. The van der Waals surface area contributed by atoms with Gasteiger partial charge in [-0.05, 0) is 36.9 Å². The maximum atomic E-state index is 12.4. The number of rotatable bonds is 6. The number of hydrogen-bond acceptors (Lipinski definition) is 4. The first-order valence-electron chi connectivity index (χ1n) is 7.17. The Labute approximate surface area is 129 Å². The molecule has 0 aliphatic carbocycles. The number of carbonyl (C=O) groups is 1. The van der Waals surface area contributed by atoms with Gasteiger partial charge in [0.25, 0.3) is 5.91 Å². The molecular formula is C16H21N3OS. The van der Waals surface area contributed by atoms with Crippen LogP contribution in [0.15, 0.2) is 29.6 Å². The second-order valence-corrected chi connectivity index (χ2v) is 5.92. The summed E-state index contributed by atoms with van der Waals surface area (Å²) in [4.78, 5) is 18.0. The molecule has 0 radical (unpaired) electrons. The molecule has 1 amide bonds. The van der Waals surface area contributed by atoms with Gasteiger partial charge in [-0.15, -0.1) is 11.3 Å².